The first-order valence-electron chi connectivity index (χ1n) is 8.31. The Hall–Kier alpha value is -3.48. The van der Waals surface area contributed by atoms with Crippen molar-refractivity contribution in [2.24, 2.45) is 0 Å². The van der Waals surface area contributed by atoms with Gasteiger partial charge in [0.15, 0.2) is 5.78 Å². The molecule has 130 valence electrons. The number of carbonyl (C=O) groups is 2. The maximum Gasteiger partial charge on any atom is 0.251 e. The molecule has 1 aromatic heterocycles. The lowest BCUT2D eigenvalue weighted by Gasteiger charge is -2.13. The number of benzene rings is 1. The molecule has 0 saturated carbocycles. The quantitative estimate of drug-likeness (QED) is 0.786. The molecule has 0 fully saturated rings. The van der Waals surface area contributed by atoms with Gasteiger partial charge < -0.3 is 16.0 Å². The van der Waals surface area contributed by atoms with E-state index in [-0.39, 0.29) is 11.7 Å². The molecule has 0 saturated heterocycles. The Labute approximate surface area is 150 Å². The van der Waals surface area contributed by atoms with E-state index in [1.807, 2.05) is 18.2 Å². The smallest absolute Gasteiger partial charge is 0.251 e. The van der Waals surface area contributed by atoms with E-state index in [9.17, 15) is 9.59 Å². The number of nitrogens with one attached hydrogen (secondary N) is 3. The van der Waals surface area contributed by atoms with Gasteiger partial charge in [-0.05, 0) is 30.3 Å². The van der Waals surface area contributed by atoms with Crippen molar-refractivity contribution < 1.29 is 9.59 Å². The molecule has 4 rings (SSSR count). The Kier molecular flexibility index (Phi) is 4.18. The molecule has 7 nitrogen and oxygen atoms in total. The van der Waals surface area contributed by atoms with Crippen LogP contribution in [-0.4, -0.2) is 28.2 Å². The third-order valence-electron chi connectivity index (χ3n) is 4.33. The maximum absolute atomic E-state index is 12.4. The molecule has 2 aromatic rings. The van der Waals surface area contributed by atoms with Gasteiger partial charge in [0.25, 0.3) is 5.91 Å². The highest BCUT2D eigenvalue weighted by molar-refractivity contribution is 6.02. The van der Waals surface area contributed by atoms with Gasteiger partial charge in [0, 0.05) is 36.0 Å². The number of rotatable bonds is 3. The summed E-state index contributed by atoms with van der Waals surface area (Å²) in [5, 5.41) is 9.37. The summed E-state index contributed by atoms with van der Waals surface area (Å²) < 4.78 is 0. The van der Waals surface area contributed by atoms with Crippen molar-refractivity contribution >= 4 is 23.1 Å². The van der Waals surface area contributed by atoms with Crippen LogP contribution in [0.2, 0.25) is 0 Å². The average molecular weight is 347 g/mol. The van der Waals surface area contributed by atoms with E-state index in [0.29, 0.717) is 25.1 Å². The zero-order valence-electron chi connectivity index (χ0n) is 14.0. The van der Waals surface area contributed by atoms with Crippen LogP contribution in [0.15, 0.2) is 60.2 Å². The number of fused-ring (bicyclic) bond motifs is 1. The number of aromatic nitrogens is 2. The van der Waals surface area contributed by atoms with Gasteiger partial charge in [-0.2, -0.15) is 0 Å². The van der Waals surface area contributed by atoms with Crippen molar-refractivity contribution in [3.05, 3.63) is 71.5 Å². The number of Topliss-reactive ketones (excluding diaryl/α,β-unsaturated/α-hetero) is 1. The topological polar surface area (TPSA) is 96.0 Å². The van der Waals surface area contributed by atoms with Gasteiger partial charge in [0.05, 0.1) is 23.6 Å². The second-order valence-corrected chi connectivity index (χ2v) is 6.04. The molecule has 0 atom stereocenters. The van der Waals surface area contributed by atoms with Crippen LogP contribution < -0.4 is 16.0 Å². The molecule has 2 aliphatic rings. The van der Waals surface area contributed by atoms with Crippen LogP contribution in [0.25, 0.3) is 0 Å². The van der Waals surface area contributed by atoms with E-state index in [1.165, 1.54) is 6.33 Å². The first-order valence-corrected chi connectivity index (χ1v) is 8.31. The van der Waals surface area contributed by atoms with Gasteiger partial charge in [0.2, 0.25) is 0 Å². The van der Waals surface area contributed by atoms with E-state index < -0.39 is 0 Å². The van der Waals surface area contributed by atoms with Crippen molar-refractivity contribution in [1.29, 1.82) is 0 Å². The number of anilines is 2. The van der Waals surface area contributed by atoms with Gasteiger partial charge in [-0.25, -0.2) is 9.97 Å². The fourth-order valence-electron chi connectivity index (χ4n) is 2.94. The van der Waals surface area contributed by atoms with Crippen LogP contribution in [0.5, 0.6) is 0 Å². The van der Waals surface area contributed by atoms with Gasteiger partial charge in [-0.1, -0.05) is 6.08 Å². The highest BCUT2D eigenvalue weighted by Crippen LogP contribution is 2.30. The average Bonchev–Trinajstić information content (AvgIpc) is 2.86. The molecule has 0 radical (unpaired) electrons. The lowest BCUT2D eigenvalue weighted by atomic mass is 10.0. The molecule has 1 aliphatic heterocycles. The highest BCUT2D eigenvalue weighted by atomic mass is 16.1. The molecule has 0 bridgehead atoms. The number of carbonyl (C=O) groups excluding carboxylic acids is 2. The molecule has 7 heteroatoms. The third-order valence-corrected chi connectivity index (χ3v) is 4.33. The Morgan fingerprint density at radius 1 is 1.23 bits per heavy atom. The van der Waals surface area contributed by atoms with E-state index in [2.05, 4.69) is 25.9 Å². The fourth-order valence-corrected chi connectivity index (χ4v) is 2.94. The van der Waals surface area contributed by atoms with Gasteiger partial charge >= 0.3 is 0 Å². The normalized spacial score (nSPS) is 15.3. The van der Waals surface area contributed by atoms with Crippen molar-refractivity contribution in [3.63, 3.8) is 0 Å². The van der Waals surface area contributed by atoms with Gasteiger partial charge in [-0.15, -0.1) is 0 Å². The van der Waals surface area contributed by atoms with E-state index in [4.69, 9.17) is 0 Å². The first-order chi connectivity index (χ1) is 12.7. The number of nitrogens with zero attached hydrogens (tertiary/aromatic N) is 2. The Bertz CT molecular complexity index is 934. The molecular formula is C19H17N5O2. The summed E-state index contributed by atoms with van der Waals surface area (Å²) in [7, 11) is 0. The highest BCUT2D eigenvalue weighted by Gasteiger charge is 2.21. The molecule has 2 heterocycles. The van der Waals surface area contributed by atoms with Crippen LogP contribution in [0.4, 0.5) is 11.4 Å². The maximum atomic E-state index is 12.4. The minimum absolute atomic E-state index is 0.109. The zero-order chi connectivity index (χ0) is 17.9. The number of amides is 1. The molecule has 1 aliphatic carbocycles. The van der Waals surface area contributed by atoms with Crippen molar-refractivity contribution in [2.45, 2.75) is 13.0 Å². The monoisotopic (exact) mass is 347 g/mol. The molecule has 0 unspecified atom stereocenters. The molecule has 0 spiro atoms. The number of hydrogen-bond donors (Lipinski definition) is 3. The Morgan fingerprint density at radius 2 is 2.15 bits per heavy atom. The van der Waals surface area contributed by atoms with Crippen molar-refractivity contribution in [1.82, 2.24) is 15.3 Å². The Morgan fingerprint density at radius 3 is 3.00 bits per heavy atom. The summed E-state index contributed by atoms with van der Waals surface area (Å²) in [6.07, 6.45) is 7.27. The second-order valence-electron chi connectivity index (χ2n) is 6.04. The zero-order valence-corrected chi connectivity index (χ0v) is 14.0. The lowest BCUT2D eigenvalue weighted by molar-refractivity contribution is -0.114. The summed E-state index contributed by atoms with van der Waals surface area (Å²) in [6.45, 7) is 0.800. The van der Waals surface area contributed by atoms with Crippen molar-refractivity contribution in [3.8, 4) is 0 Å². The number of hydrogen-bond acceptors (Lipinski definition) is 6. The molecule has 1 aromatic carbocycles. The molecule has 3 N–H and O–H groups in total. The minimum Gasteiger partial charge on any atom is -0.379 e. The first kappa shape index (κ1) is 16.0. The standard InChI is InChI=1S/C19H17N5O2/c25-18-3-1-2-15-14(18)10-21-16-5-4-12(8-17(16)24-15)19(26)22-9-13-6-7-20-11-23-13/h1-2,4-8,11,21,24H,3,9-10H2,(H,22,26). The van der Waals surface area contributed by atoms with Crippen LogP contribution in [0.1, 0.15) is 22.5 Å². The summed E-state index contributed by atoms with van der Waals surface area (Å²) >= 11 is 0. The largest absolute Gasteiger partial charge is 0.379 e. The Balaban J connectivity index is 1.53. The summed E-state index contributed by atoms with van der Waals surface area (Å²) in [4.78, 5) is 32.4. The summed E-state index contributed by atoms with van der Waals surface area (Å²) in [6, 6.07) is 7.13. The lowest BCUT2D eigenvalue weighted by Crippen LogP contribution is -2.23. The van der Waals surface area contributed by atoms with Crippen LogP contribution >= 0.6 is 0 Å². The summed E-state index contributed by atoms with van der Waals surface area (Å²) in [5.74, 6) is -0.0833. The van der Waals surface area contributed by atoms with E-state index in [0.717, 1.165) is 28.3 Å². The van der Waals surface area contributed by atoms with E-state index >= 15 is 0 Å². The van der Waals surface area contributed by atoms with Crippen LogP contribution in [0.3, 0.4) is 0 Å². The number of ketones is 1. The second kappa shape index (κ2) is 6.79. The fraction of sp³-hybridized carbons (Fsp3) is 0.158. The summed E-state index contributed by atoms with van der Waals surface area (Å²) in [5.41, 5.74) is 4.41. The SMILES string of the molecule is O=C1CC=CC2=C1CNc1ccc(C(=O)NCc3ccncn3)cc1N2. The predicted octanol–water partition coefficient (Wildman–Crippen LogP) is 2.03. The predicted molar refractivity (Wildman–Crippen MR) is 97.5 cm³/mol. The van der Waals surface area contributed by atoms with E-state index in [1.54, 1.807) is 24.4 Å². The van der Waals surface area contributed by atoms with Crippen LogP contribution in [0, 0.1) is 0 Å². The van der Waals surface area contributed by atoms with Crippen molar-refractivity contribution in [2.75, 3.05) is 17.2 Å². The number of allylic oxidation sites excluding steroid dienone is 2. The van der Waals surface area contributed by atoms with Gasteiger partial charge in [0.1, 0.15) is 6.33 Å². The van der Waals surface area contributed by atoms with Crippen LogP contribution in [-0.2, 0) is 11.3 Å². The molecular weight excluding hydrogens is 330 g/mol. The molecule has 1 amide bonds. The third kappa shape index (κ3) is 3.19. The minimum atomic E-state index is -0.193. The van der Waals surface area contributed by atoms with Gasteiger partial charge in [-0.3, -0.25) is 9.59 Å². The molecule has 26 heavy (non-hydrogen) atoms.